The normalized spacial score (nSPS) is 18.8. The minimum atomic E-state index is -0.281. The van der Waals surface area contributed by atoms with E-state index in [2.05, 4.69) is 17.1 Å². The van der Waals surface area contributed by atoms with Crippen molar-refractivity contribution < 1.29 is 4.92 Å². The second kappa shape index (κ2) is 7.24. The second-order valence-corrected chi connectivity index (χ2v) is 5.40. The van der Waals surface area contributed by atoms with Gasteiger partial charge in [-0.25, -0.2) is 0 Å². The van der Waals surface area contributed by atoms with Gasteiger partial charge >= 0.3 is 0 Å². The summed E-state index contributed by atoms with van der Waals surface area (Å²) in [4.78, 5) is 13.1. The summed E-state index contributed by atoms with van der Waals surface area (Å²) in [5, 5.41) is 14.6. The molecule has 0 aliphatic carbocycles. The molecule has 2 rings (SSSR count). The molecule has 0 spiro atoms. The number of rotatable bonds is 6. The molecule has 5 heteroatoms. The van der Waals surface area contributed by atoms with Gasteiger partial charge in [-0.2, -0.15) is 0 Å². The predicted octanol–water partition coefficient (Wildman–Crippen LogP) is 2.81. The van der Waals surface area contributed by atoms with E-state index in [1.54, 1.807) is 12.1 Å². The van der Waals surface area contributed by atoms with Crippen molar-refractivity contribution in [2.75, 3.05) is 31.1 Å². The molecule has 1 N–H and O–H groups in total. The lowest BCUT2D eigenvalue weighted by Gasteiger charge is -2.31. The smallest absolute Gasteiger partial charge is 0.292 e. The van der Waals surface area contributed by atoms with Crippen molar-refractivity contribution in [3.8, 4) is 0 Å². The molecule has 1 aliphatic heterocycles. The van der Waals surface area contributed by atoms with Crippen molar-refractivity contribution in [2.45, 2.75) is 26.2 Å². The van der Waals surface area contributed by atoms with Gasteiger partial charge in [-0.1, -0.05) is 19.1 Å². The number of nitrogens with zero attached hydrogens (tertiary/aromatic N) is 2. The van der Waals surface area contributed by atoms with Crippen LogP contribution in [0, 0.1) is 16.0 Å². The average Bonchev–Trinajstić information content (AvgIpc) is 2.48. The first-order chi connectivity index (χ1) is 9.72. The molecule has 5 nitrogen and oxygen atoms in total. The van der Waals surface area contributed by atoms with Crippen molar-refractivity contribution in [2.24, 2.45) is 5.92 Å². The Hall–Kier alpha value is -1.62. The molecule has 1 aromatic rings. The van der Waals surface area contributed by atoms with Crippen molar-refractivity contribution >= 4 is 11.4 Å². The zero-order chi connectivity index (χ0) is 14.4. The van der Waals surface area contributed by atoms with E-state index >= 15 is 0 Å². The lowest BCUT2D eigenvalue weighted by atomic mass is 9.98. The Balaban J connectivity index is 2.16. The Morgan fingerprint density at radius 1 is 1.45 bits per heavy atom. The number of hydrogen-bond donors (Lipinski definition) is 1. The Kier molecular flexibility index (Phi) is 5.35. The van der Waals surface area contributed by atoms with Crippen molar-refractivity contribution in [1.29, 1.82) is 0 Å². The summed E-state index contributed by atoms with van der Waals surface area (Å²) < 4.78 is 0. The van der Waals surface area contributed by atoms with Crippen LogP contribution in [0.3, 0.4) is 0 Å². The Labute approximate surface area is 120 Å². The van der Waals surface area contributed by atoms with E-state index in [0.29, 0.717) is 5.92 Å². The minimum Gasteiger partial charge on any atom is -0.366 e. The fourth-order valence-corrected chi connectivity index (χ4v) is 2.86. The summed E-state index contributed by atoms with van der Waals surface area (Å²) in [7, 11) is 0. The van der Waals surface area contributed by atoms with Crippen LogP contribution in [0.1, 0.15) is 26.2 Å². The van der Waals surface area contributed by atoms with Crippen LogP contribution in [0.4, 0.5) is 11.4 Å². The Bertz CT molecular complexity index is 444. The van der Waals surface area contributed by atoms with E-state index in [-0.39, 0.29) is 10.6 Å². The van der Waals surface area contributed by atoms with E-state index < -0.39 is 0 Å². The molecule has 1 unspecified atom stereocenters. The van der Waals surface area contributed by atoms with Crippen LogP contribution in [0.5, 0.6) is 0 Å². The number of nitrogens with one attached hydrogen (secondary N) is 1. The summed E-state index contributed by atoms with van der Waals surface area (Å²) in [5.74, 6) is 0.579. The molecule has 1 aliphatic rings. The maximum atomic E-state index is 11.2. The van der Waals surface area contributed by atoms with Crippen LogP contribution in [-0.4, -0.2) is 31.1 Å². The number of benzene rings is 1. The molecule has 110 valence electrons. The van der Waals surface area contributed by atoms with E-state index in [4.69, 9.17) is 0 Å². The summed E-state index contributed by atoms with van der Waals surface area (Å²) in [6, 6.07) is 7.07. The Morgan fingerprint density at radius 2 is 2.25 bits per heavy atom. The first-order valence-corrected chi connectivity index (χ1v) is 7.41. The molecule has 1 heterocycles. The van der Waals surface area contributed by atoms with E-state index in [1.807, 2.05) is 12.1 Å². The highest BCUT2D eigenvalue weighted by atomic mass is 16.6. The van der Waals surface area contributed by atoms with Gasteiger partial charge in [-0.15, -0.1) is 0 Å². The monoisotopic (exact) mass is 277 g/mol. The summed E-state index contributed by atoms with van der Waals surface area (Å²) in [5.41, 5.74) is 0.967. The van der Waals surface area contributed by atoms with Gasteiger partial charge in [-0.05, 0) is 44.3 Å². The van der Waals surface area contributed by atoms with E-state index in [0.717, 1.165) is 38.3 Å². The van der Waals surface area contributed by atoms with Crippen molar-refractivity contribution in [1.82, 2.24) is 5.32 Å². The third-order valence-electron chi connectivity index (χ3n) is 3.79. The number of anilines is 1. The molecule has 1 fully saturated rings. The molecular weight excluding hydrogens is 254 g/mol. The highest BCUT2D eigenvalue weighted by Gasteiger charge is 2.22. The maximum Gasteiger partial charge on any atom is 0.292 e. The Morgan fingerprint density at radius 3 is 2.90 bits per heavy atom. The van der Waals surface area contributed by atoms with Gasteiger partial charge in [0.05, 0.1) is 4.92 Å². The largest absolute Gasteiger partial charge is 0.366 e. The number of para-hydroxylation sites is 2. The lowest BCUT2D eigenvalue weighted by Crippen LogP contribution is -2.38. The number of nitro benzene ring substituents is 1. The third kappa shape index (κ3) is 3.70. The van der Waals surface area contributed by atoms with Gasteiger partial charge in [0.15, 0.2) is 0 Å². The van der Waals surface area contributed by atoms with Crippen LogP contribution in [0.15, 0.2) is 24.3 Å². The van der Waals surface area contributed by atoms with E-state index in [1.165, 1.54) is 12.8 Å². The van der Waals surface area contributed by atoms with Gasteiger partial charge < -0.3 is 10.2 Å². The zero-order valence-corrected chi connectivity index (χ0v) is 12.0. The maximum absolute atomic E-state index is 11.2. The molecule has 1 saturated heterocycles. The highest BCUT2D eigenvalue weighted by Crippen LogP contribution is 2.29. The third-order valence-corrected chi connectivity index (χ3v) is 3.79. The molecule has 0 radical (unpaired) electrons. The number of nitro groups is 1. The summed E-state index contributed by atoms with van der Waals surface area (Å²) in [6.07, 6.45) is 3.39. The van der Waals surface area contributed by atoms with Gasteiger partial charge in [0, 0.05) is 19.2 Å². The number of hydrogen-bond acceptors (Lipinski definition) is 4. The van der Waals surface area contributed by atoms with Gasteiger partial charge in [0.1, 0.15) is 5.69 Å². The van der Waals surface area contributed by atoms with Gasteiger partial charge in [-0.3, -0.25) is 10.1 Å². The topological polar surface area (TPSA) is 58.4 Å². The first kappa shape index (κ1) is 14.8. The van der Waals surface area contributed by atoms with Crippen LogP contribution >= 0.6 is 0 Å². The molecule has 1 atom stereocenters. The van der Waals surface area contributed by atoms with Crippen molar-refractivity contribution in [3.63, 3.8) is 0 Å². The molecular formula is C15H23N3O2. The lowest BCUT2D eigenvalue weighted by molar-refractivity contribution is -0.384. The molecule has 0 bridgehead atoms. The quantitative estimate of drug-likeness (QED) is 0.641. The molecule has 0 aromatic heterocycles. The predicted molar refractivity (Wildman–Crippen MR) is 81.2 cm³/mol. The molecule has 0 saturated carbocycles. The van der Waals surface area contributed by atoms with Crippen molar-refractivity contribution in [3.05, 3.63) is 34.4 Å². The molecule has 0 amide bonds. The van der Waals surface area contributed by atoms with Crippen LogP contribution in [-0.2, 0) is 0 Å². The minimum absolute atomic E-state index is 0.213. The van der Waals surface area contributed by atoms with Gasteiger partial charge in [0.25, 0.3) is 5.69 Å². The second-order valence-electron chi connectivity index (χ2n) is 5.40. The fraction of sp³-hybridized carbons (Fsp3) is 0.600. The zero-order valence-electron chi connectivity index (χ0n) is 12.0. The fourth-order valence-electron chi connectivity index (χ4n) is 2.86. The standard InChI is InChI=1S/C15H23N3O2/c1-2-10-17(12-13-6-5-9-16-11-13)14-7-3-4-8-15(14)18(19)20/h3-4,7-8,13,16H,2,5-6,9-12H2,1H3. The first-order valence-electron chi connectivity index (χ1n) is 7.41. The average molecular weight is 277 g/mol. The number of piperidine rings is 1. The highest BCUT2D eigenvalue weighted by molar-refractivity contribution is 5.63. The summed E-state index contributed by atoms with van der Waals surface area (Å²) >= 11 is 0. The molecule has 1 aromatic carbocycles. The van der Waals surface area contributed by atoms with Crippen LogP contribution < -0.4 is 10.2 Å². The van der Waals surface area contributed by atoms with E-state index in [9.17, 15) is 10.1 Å². The van der Waals surface area contributed by atoms with Crippen LogP contribution in [0.2, 0.25) is 0 Å². The summed E-state index contributed by atoms with van der Waals surface area (Å²) in [6.45, 7) is 5.98. The van der Waals surface area contributed by atoms with Gasteiger partial charge in [0.2, 0.25) is 0 Å². The van der Waals surface area contributed by atoms with Crippen LogP contribution in [0.25, 0.3) is 0 Å². The SMILES string of the molecule is CCCN(CC1CCCNC1)c1ccccc1[N+](=O)[O-]. The molecule has 20 heavy (non-hydrogen) atoms.